The number of nitrogens with one attached hydrogen (secondary N) is 1. The molecule has 3 aromatic carbocycles. The molecule has 4 aromatic rings. The zero-order valence-electron chi connectivity index (χ0n) is 18.9. The highest BCUT2D eigenvalue weighted by molar-refractivity contribution is 6.32. The van der Waals surface area contributed by atoms with Gasteiger partial charge in [0.1, 0.15) is 11.3 Å². The van der Waals surface area contributed by atoms with Crippen molar-refractivity contribution in [3.05, 3.63) is 85.5 Å². The van der Waals surface area contributed by atoms with Gasteiger partial charge in [-0.25, -0.2) is 0 Å². The predicted molar refractivity (Wildman–Crippen MR) is 139 cm³/mol. The number of methoxy groups -OCH3 is 1. The van der Waals surface area contributed by atoms with Crippen LogP contribution in [0.3, 0.4) is 0 Å². The van der Waals surface area contributed by atoms with Gasteiger partial charge < -0.3 is 19.2 Å². The van der Waals surface area contributed by atoms with Gasteiger partial charge in [0, 0.05) is 21.3 Å². The maximum atomic E-state index is 13.5. The van der Waals surface area contributed by atoms with Crippen LogP contribution in [-0.2, 0) is 4.79 Å². The number of benzene rings is 3. The van der Waals surface area contributed by atoms with Gasteiger partial charge in [-0.2, -0.15) is 0 Å². The van der Waals surface area contributed by atoms with Crippen LogP contribution in [0.25, 0.3) is 22.3 Å². The summed E-state index contributed by atoms with van der Waals surface area (Å²) in [4.78, 5) is 26.3. The number of rotatable bonds is 6. The minimum atomic E-state index is -1.05. The maximum absolute atomic E-state index is 13.5. The van der Waals surface area contributed by atoms with E-state index in [1.54, 1.807) is 48.5 Å². The molecule has 1 amide bonds. The second kappa shape index (κ2) is 10.2. The molecule has 0 saturated carbocycles. The molecule has 0 spiro atoms. The van der Waals surface area contributed by atoms with Crippen molar-refractivity contribution in [1.82, 2.24) is 0 Å². The molecule has 4 rings (SSSR count). The highest BCUT2D eigenvalue weighted by Gasteiger charge is 2.24. The van der Waals surface area contributed by atoms with Crippen molar-refractivity contribution in [3.63, 3.8) is 0 Å². The molecule has 1 N–H and O–H groups in total. The minimum absolute atomic E-state index is 0.116. The van der Waals surface area contributed by atoms with Crippen LogP contribution in [0.4, 0.5) is 5.69 Å². The Bertz CT molecular complexity index is 1480. The first-order valence-corrected chi connectivity index (χ1v) is 11.6. The third kappa shape index (κ3) is 5.25. The first-order chi connectivity index (χ1) is 16.7. The number of anilines is 1. The van der Waals surface area contributed by atoms with Crippen LogP contribution < -0.4 is 20.2 Å². The van der Waals surface area contributed by atoms with E-state index in [2.05, 4.69) is 5.32 Å². The highest BCUT2D eigenvalue weighted by atomic mass is 35.5. The Balaban J connectivity index is 1.73. The molecule has 35 heavy (non-hydrogen) atoms. The number of carbonyl (C=O) groups is 1. The van der Waals surface area contributed by atoms with Crippen LogP contribution in [0, 0.1) is 6.92 Å². The molecule has 0 aliphatic rings. The molecule has 1 heterocycles. The van der Waals surface area contributed by atoms with Crippen molar-refractivity contribution in [2.24, 2.45) is 0 Å². The van der Waals surface area contributed by atoms with Gasteiger partial charge in [-0.3, -0.25) is 9.59 Å². The van der Waals surface area contributed by atoms with Crippen LogP contribution in [0.2, 0.25) is 15.1 Å². The highest BCUT2D eigenvalue weighted by Crippen LogP contribution is 2.34. The van der Waals surface area contributed by atoms with E-state index in [1.165, 1.54) is 20.1 Å². The van der Waals surface area contributed by atoms with E-state index < -0.39 is 17.4 Å². The first kappa shape index (κ1) is 24.9. The summed E-state index contributed by atoms with van der Waals surface area (Å²) in [7, 11) is 1.50. The summed E-state index contributed by atoms with van der Waals surface area (Å²) in [6, 6.07) is 14.8. The van der Waals surface area contributed by atoms with Crippen LogP contribution in [0.5, 0.6) is 11.5 Å². The lowest BCUT2D eigenvalue weighted by atomic mass is 10.1. The molecular formula is C26H20Cl3NO5. The zero-order valence-corrected chi connectivity index (χ0v) is 21.2. The van der Waals surface area contributed by atoms with E-state index in [9.17, 15) is 9.59 Å². The SMILES string of the molecule is COc1ccc(NC(=O)C(C)Oc2c(-c3ccc(Cl)cc3)oc3cc(C)c(Cl)cc3c2=O)cc1Cl. The molecule has 1 atom stereocenters. The van der Waals surface area contributed by atoms with E-state index in [0.29, 0.717) is 37.7 Å². The molecule has 0 bridgehead atoms. The zero-order chi connectivity index (χ0) is 25.3. The molecule has 0 aliphatic heterocycles. The molecule has 1 aromatic heterocycles. The summed E-state index contributed by atoms with van der Waals surface area (Å²) in [5.74, 6) is 0.0437. The summed E-state index contributed by atoms with van der Waals surface area (Å²) in [6.07, 6.45) is -1.05. The average molecular weight is 533 g/mol. The number of hydrogen-bond donors (Lipinski definition) is 1. The van der Waals surface area contributed by atoms with Crippen molar-refractivity contribution in [2.75, 3.05) is 12.4 Å². The number of carbonyl (C=O) groups excluding carboxylic acids is 1. The van der Waals surface area contributed by atoms with E-state index >= 15 is 0 Å². The van der Waals surface area contributed by atoms with Gasteiger partial charge in [0.05, 0.1) is 17.5 Å². The Morgan fingerprint density at radius 1 is 1.00 bits per heavy atom. The molecule has 0 aliphatic carbocycles. The van der Waals surface area contributed by atoms with Crippen molar-refractivity contribution >= 4 is 57.4 Å². The summed E-state index contributed by atoms with van der Waals surface area (Å²) in [6.45, 7) is 3.34. The Hall–Kier alpha value is -3.19. The average Bonchev–Trinajstić information content (AvgIpc) is 2.82. The van der Waals surface area contributed by atoms with E-state index in [1.807, 2.05) is 6.92 Å². The molecule has 1 unspecified atom stereocenters. The first-order valence-electron chi connectivity index (χ1n) is 10.5. The van der Waals surface area contributed by atoms with Crippen LogP contribution in [0.1, 0.15) is 12.5 Å². The van der Waals surface area contributed by atoms with Crippen molar-refractivity contribution < 1.29 is 18.7 Å². The topological polar surface area (TPSA) is 77.8 Å². The quantitative estimate of drug-likeness (QED) is 0.285. The minimum Gasteiger partial charge on any atom is -0.495 e. The Labute approximate surface area is 216 Å². The van der Waals surface area contributed by atoms with E-state index in [4.69, 9.17) is 48.7 Å². The van der Waals surface area contributed by atoms with Crippen molar-refractivity contribution in [2.45, 2.75) is 20.0 Å². The Morgan fingerprint density at radius 2 is 1.71 bits per heavy atom. The third-order valence-corrected chi connectivity index (χ3v) is 6.27. The van der Waals surface area contributed by atoms with Crippen molar-refractivity contribution in [3.8, 4) is 22.8 Å². The summed E-state index contributed by atoms with van der Waals surface area (Å²) in [5.41, 5.74) is 1.65. The molecule has 9 heteroatoms. The van der Waals surface area contributed by atoms with Gasteiger partial charge in [0.25, 0.3) is 5.91 Å². The molecule has 6 nitrogen and oxygen atoms in total. The molecule has 0 radical (unpaired) electrons. The summed E-state index contributed by atoms with van der Waals surface area (Å²) >= 11 is 18.4. The molecule has 180 valence electrons. The fourth-order valence-electron chi connectivity index (χ4n) is 3.42. The number of hydrogen-bond acceptors (Lipinski definition) is 5. The predicted octanol–water partition coefficient (Wildman–Crippen LogP) is 7.14. The lowest BCUT2D eigenvalue weighted by molar-refractivity contribution is -0.122. The second-order valence-corrected chi connectivity index (χ2v) is 9.04. The van der Waals surface area contributed by atoms with Gasteiger partial charge in [-0.15, -0.1) is 0 Å². The molecule has 0 fully saturated rings. The van der Waals surface area contributed by atoms with Gasteiger partial charge >= 0.3 is 0 Å². The molecule has 0 saturated heterocycles. The number of amides is 1. The lowest BCUT2D eigenvalue weighted by Crippen LogP contribution is -2.31. The van der Waals surface area contributed by atoms with Gasteiger partial charge in [-0.1, -0.05) is 34.8 Å². The number of halogens is 3. The monoisotopic (exact) mass is 531 g/mol. The van der Waals surface area contributed by atoms with E-state index in [0.717, 1.165) is 5.56 Å². The smallest absolute Gasteiger partial charge is 0.265 e. The normalized spacial score (nSPS) is 11.8. The number of ether oxygens (including phenoxy) is 2. The van der Waals surface area contributed by atoms with Crippen molar-refractivity contribution in [1.29, 1.82) is 0 Å². The fourth-order valence-corrected chi connectivity index (χ4v) is 3.96. The van der Waals surface area contributed by atoms with Crippen LogP contribution >= 0.6 is 34.8 Å². The third-order valence-electron chi connectivity index (χ3n) is 5.32. The Morgan fingerprint density at radius 3 is 2.37 bits per heavy atom. The van der Waals surface area contributed by atoms with Crippen LogP contribution in [0.15, 0.2) is 63.8 Å². The summed E-state index contributed by atoms with van der Waals surface area (Å²) < 4.78 is 17.1. The fraction of sp³-hybridized carbons (Fsp3) is 0.154. The van der Waals surface area contributed by atoms with Gasteiger partial charge in [0.15, 0.2) is 11.9 Å². The summed E-state index contributed by atoms with van der Waals surface area (Å²) in [5, 5.41) is 4.23. The van der Waals surface area contributed by atoms with Crippen LogP contribution in [-0.4, -0.2) is 19.1 Å². The standard InChI is InChI=1S/C26H20Cl3NO5/c1-13-10-22-18(12-19(13)28)23(31)25(24(35-22)15-4-6-16(27)7-5-15)34-14(2)26(32)30-17-8-9-21(33-3)20(29)11-17/h4-12,14H,1-3H3,(H,30,32). The number of fused-ring (bicyclic) bond motifs is 1. The van der Waals surface area contributed by atoms with Gasteiger partial charge in [-0.05, 0) is 74.0 Å². The van der Waals surface area contributed by atoms with E-state index in [-0.39, 0.29) is 16.9 Å². The molecular weight excluding hydrogens is 513 g/mol. The van der Waals surface area contributed by atoms with Gasteiger partial charge in [0.2, 0.25) is 11.2 Å². The Kier molecular flexibility index (Phi) is 7.26. The second-order valence-electron chi connectivity index (χ2n) is 7.79. The lowest BCUT2D eigenvalue weighted by Gasteiger charge is -2.17. The maximum Gasteiger partial charge on any atom is 0.265 e. The number of aryl methyl sites for hydroxylation is 1. The largest absolute Gasteiger partial charge is 0.495 e.